The minimum Gasteiger partial charge on any atom is -0.372 e. The van der Waals surface area contributed by atoms with Crippen molar-refractivity contribution in [2.24, 2.45) is 0 Å². The average Bonchev–Trinajstić information content (AvgIpc) is 3.13. The molecule has 1 aromatic carbocycles. The van der Waals surface area contributed by atoms with Crippen LogP contribution in [0.25, 0.3) is 11.0 Å². The van der Waals surface area contributed by atoms with E-state index in [-0.39, 0.29) is 11.9 Å². The van der Waals surface area contributed by atoms with E-state index in [1.807, 2.05) is 17.8 Å². The highest BCUT2D eigenvalue weighted by Crippen LogP contribution is 2.19. The zero-order valence-corrected chi connectivity index (χ0v) is 17.4. The first-order valence-corrected chi connectivity index (χ1v) is 9.87. The summed E-state index contributed by atoms with van der Waals surface area (Å²) < 4.78 is 1.87. The van der Waals surface area contributed by atoms with Crippen LogP contribution in [0.4, 0.5) is 5.69 Å². The van der Waals surface area contributed by atoms with Gasteiger partial charge >= 0.3 is 0 Å². The Balaban J connectivity index is 1.73. The molecule has 6 heteroatoms. The molecule has 0 radical (unpaired) electrons. The van der Waals surface area contributed by atoms with Crippen LogP contribution in [0.2, 0.25) is 0 Å². The predicted octanol–water partition coefficient (Wildman–Crippen LogP) is 4.13. The fourth-order valence-electron chi connectivity index (χ4n) is 3.40. The molecule has 3 rings (SSSR count). The zero-order chi connectivity index (χ0) is 20.3. The van der Waals surface area contributed by atoms with Crippen LogP contribution in [-0.4, -0.2) is 45.7 Å². The molecule has 0 saturated carbocycles. The highest BCUT2D eigenvalue weighted by Gasteiger charge is 2.15. The standard InChI is InChI=1S/C22H29N5O/c1-6-26(7-2)20-10-8-17(9-11-20)15-25(5)22(28)19-12-18-14-24-27(16(3)4)21(18)23-13-19/h8-14,16H,6-7,15H2,1-5H3. The van der Waals surface area contributed by atoms with Gasteiger partial charge in [0.1, 0.15) is 0 Å². The lowest BCUT2D eigenvalue weighted by molar-refractivity contribution is 0.0785. The van der Waals surface area contributed by atoms with E-state index in [0.29, 0.717) is 12.1 Å². The maximum Gasteiger partial charge on any atom is 0.255 e. The number of aromatic nitrogens is 3. The van der Waals surface area contributed by atoms with Gasteiger partial charge in [0.15, 0.2) is 5.65 Å². The molecular formula is C22H29N5O. The van der Waals surface area contributed by atoms with E-state index in [1.165, 1.54) is 5.69 Å². The number of amides is 1. The summed E-state index contributed by atoms with van der Waals surface area (Å²) in [6.45, 7) is 11.0. The predicted molar refractivity (Wildman–Crippen MR) is 114 cm³/mol. The van der Waals surface area contributed by atoms with Gasteiger partial charge in [0.25, 0.3) is 5.91 Å². The Labute approximate surface area is 166 Å². The van der Waals surface area contributed by atoms with E-state index in [4.69, 9.17) is 0 Å². The summed E-state index contributed by atoms with van der Waals surface area (Å²) in [6, 6.07) is 10.5. The van der Waals surface area contributed by atoms with E-state index in [2.05, 4.69) is 66.9 Å². The Hall–Kier alpha value is -2.89. The topological polar surface area (TPSA) is 54.3 Å². The monoisotopic (exact) mass is 379 g/mol. The lowest BCUT2D eigenvalue weighted by Gasteiger charge is -2.22. The normalized spacial score (nSPS) is 11.2. The first kappa shape index (κ1) is 19.9. The summed E-state index contributed by atoms with van der Waals surface area (Å²) in [5.74, 6) is -0.0421. The van der Waals surface area contributed by atoms with Crippen molar-refractivity contribution in [3.8, 4) is 0 Å². The molecule has 0 unspecified atom stereocenters. The van der Waals surface area contributed by atoms with Gasteiger partial charge in [-0.2, -0.15) is 5.10 Å². The Kier molecular flexibility index (Phi) is 5.97. The van der Waals surface area contributed by atoms with E-state index in [9.17, 15) is 4.79 Å². The van der Waals surface area contributed by atoms with E-state index in [1.54, 1.807) is 17.3 Å². The lowest BCUT2D eigenvalue weighted by atomic mass is 10.1. The number of fused-ring (bicyclic) bond motifs is 1. The number of hydrogen-bond donors (Lipinski definition) is 0. The van der Waals surface area contributed by atoms with Crippen molar-refractivity contribution in [1.29, 1.82) is 0 Å². The Morgan fingerprint density at radius 2 is 1.79 bits per heavy atom. The number of rotatable bonds is 7. The molecule has 28 heavy (non-hydrogen) atoms. The molecule has 0 bridgehead atoms. The van der Waals surface area contributed by atoms with Crippen LogP contribution in [-0.2, 0) is 6.54 Å². The van der Waals surface area contributed by atoms with Gasteiger partial charge in [0.2, 0.25) is 0 Å². The molecule has 0 spiro atoms. The minimum absolute atomic E-state index is 0.0421. The summed E-state index contributed by atoms with van der Waals surface area (Å²) in [7, 11) is 1.82. The maximum absolute atomic E-state index is 12.9. The van der Waals surface area contributed by atoms with Crippen molar-refractivity contribution >= 4 is 22.6 Å². The van der Waals surface area contributed by atoms with Crippen LogP contribution in [0.1, 0.15) is 49.7 Å². The number of carbonyl (C=O) groups is 1. The summed E-state index contributed by atoms with van der Waals surface area (Å²) in [4.78, 5) is 21.3. The molecule has 3 aromatic rings. The van der Waals surface area contributed by atoms with Crippen LogP contribution in [0, 0.1) is 0 Å². The fraction of sp³-hybridized carbons (Fsp3) is 0.409. The highest BCUT2D eigenvalue weighted by atomic mass is 16.2. The van der Waals surface area contributed by atoms with Crippen LogP contribution in [0.5, 0.6) is 0 Å². The summed E-state index contributed by atoms with van der Waals surface area (Å²) in [6.07, 6.45) is 3.41. The molecule has 0 fully saturated rings. The second kappa shape index (κ2) is 8.42. The average molecular weight is 380 g/mol. The third-order valence-electron chi connectivity index (χ3n) is 5.00. The van der Waals surface area contributed by atoms with Crippen molar-refractivity contribution in [2.45, 2.75) is 40.3 Å². The molecule has 0 atom stereocenters. The smallest absolute Gasteiger partial charge is 0.255 e. The maximum atomic E-state index is 12.9. The van der Waals surface area contributed by atoms with Crippen molar-refractivity contribution in [3.63, 3.8) is 0 Å². The number of hydrogen-bond acceptors (Lipinski definition) is 4. The molecule has 0 aliphatic rings. The van der Waals surface area contributed by atoms with Crippen molar-refractivity contribution in [2.75, 3.05) is 25.0 Å². The zero-order valence-electron chi connectivity index (χ0n) is 17.4. The van der Waals surface area contributed by atoms with Gasteiger partial charge in [-0.05, 0) is 51.5 Å². The number of anilines is 1. The fourth-order valence-corrected chi connectivity index (χ4v) is 3.40. The molecule has 2 aromatic heterocycles. The van der Waals surface area contributed by atoms with Crippen molar-refractivity contribution in [3.05, 3.63) is 53.9 Å². The first-order chi connectivity index (χ1) is 13.4. The minimum atomic E-state index is -0.0421. The molecule has 0 N–H and O–H groups in total. The lowest BCUT2D eigenvalue weighted by Crippen LogP contribution is -2.26. The summed E-state index contributed by atoms with van der Waals surface area (Å²) in [5, 5.41) is 5.26. The number of pyridine rings is 1. The molecule has 0 saturated heterocycles. The van der Waals surface area contributed by atoms with E-state index in [0.717, 1.165) is 29.7 Å². The third kappa shape index (κ3) is 4.01. The summed E-state index contributed by atoms with van der Waals surface area (Å²) >= 11 is 0. The Morgan fingerprint density at radius 3 is 2.39 bits per heavy atom. The quantitative estimate of drug-likeness (QED) is 0.619. The number of nitrogens with zero attached hydrogens (tertiary/aromatic N) is 5. The van der Waals surface area contributed by atoms with Gasteiger partial charge in [0, 0.05) is 50.0 Å². The first-order valence-electron chi connectivity index (χ1n) is 9.87. The van der Waals surface area contributed by atoms with Gasteiger partial charge in [0.05, 0.1) is 11.8 Å². The highest BCUT2D eigenvalue weighted by molar-refractivity contribution is 5.96. The van der Waals surface area contributed by atoms with Crippen molar-refractivity contribution in [1.82, 2.24) is 19.7 Å². The van der Waals surface area contributed by atoms with Gasteiger partial charge in [-0.3, -0.25) is 4.79 Å². The van der Waals surface area contributed by atoms with Crippen LogP contribution in [0.15, 0.2) is 42.7 Å². The van der Waals surface area contributed by atoms with Crippen LogP contribution < -0.4 is 4.90 Å². The molecule has 148 valence electrons. The Bertz CT molecular complexity index is 941. The SMILES string of the molecule is CCN(CC)c1ccc(CN(C)C(=O)c2cnc3c(cnn3C(C)C)c2)cc1. The van der Waals surface area contributed by atoms with Crippen molar-refractivity contribution < 1.29 is 4.79 Å². The number of carbonyl (C=O) groups excluding carboxylic acids is 1. The second-order valence-corrected chi connectivity index (χ2v) is 7.32. The van der Waals surface area contributed by atoms with Gasteiger partial charge < -0.3 is 9.80 Å². The second-order valence-electron chi connectivity index (χ2n) is 7.32. The largest absolute Gasteiger partial charge is 0.372 e. The molecule has 0 aliphatic heterocycles. The molecule has 1 amide bonds. The summed E-state index contributed by atoms with van der Waals surface area (Å²) in [5.41, 5.74) is 3.70. The number of benzene rings is 1. The molecule has 0 aliphatic carbocycles. The van der Waals surface area contributed by atoms with Gasteiger partial charge in [-0.15, -0.1) is 0 Å². The molecule has 6 nitrogen and oxygen atoms in total. The molecule has 2 heterocycles. The third-order valence-corrected chi connectivity index (χ3v) is 5.00. The van der Waals surface area contributed by atoms with Gasteiger partial charge in [-0.1, -0.05) is 12.1 Å². The van der Waals surface area contributed by atoms with E-state index >= 15 is 0 Å². The van der Waals surface area contributed by atoms with Gasteiger partial charge in [-0.25, -0.2) is 9.67 Å². The Morgan fingerprint density at radius 1 is 1.11 bits per heavy atom. The van der Waals surface area contributed by atoms with Crippen LogP contribution in [0.3, 0.4) is 0 Å². The van der Waals surface area contributed by atoms with E-state index < -0.39 is 0 Å². The molecular weight excluding hydrogens is 350 g/mol. The van der Waals surface area contributed by atoms with Crippen LogP contribution >= 0.6 is 0 Å².